The zero-order valence-corrected chi connectivity index (χ0v) is 12.0. The Morgan fingerprint density at radius 1 is 1.50 bits per heavy atom. The van der Waals surface area contributed by atoms with Crippen molar-refractivity contribution in [3.63, 3.8) is 0 Å². The first-order valence-corrected chi connectivity index (χ1v) is 7.68. The van der Waals surface area contributed by atoms with Crippen molar-refractivity contribution in [2.75, 3.05) is 27.2 Å². The molecule has 0 bridgehead atoms. The lowest BCUT2D eigenvalue weighted by atomic mass is 10.0. The third-order valence-corrected chi connectivity index (χ3v) is 5.07. The van der Waals surface area contributed by atoms with E-state index in [2.05, 4.69) is 41.4 Å². The summed E-state index contributed by atoms with van der Waals surface area (Å²) in [6, 6.07) is 5.56. The van der Waals surface area contributed by atoms with E-state index in [4.69, 9.17) is 4.74 Å². The Morgan fingerprint density at radius 3 is 3.11 bits per heavy atom. The average molecular weight is 266 g/mol. The molecule has 2 aliphatic heterocycles. The van der Waals surface area contributed by atoms with Crippen LogP contribution in [0.4, 0.5) is 0 Å². The van der Waals surface area contributed by atoms with E-state index in [1.807, 2.05) is 11.3 Å². The zero-order valence-electron chi connectivity index (χ0n) is 11.2. The molecule has 0 amide bonds. The summed E-state index contributed by atoms with van der Waals surface area (Å²) >= 11 is 1.86. The Balaban J connectivity index is 1.74. The van der Waals surface area contributed by atoms with Crippen LogP contribution in [0, 0.1) is 0 Å². The molecule has 3 rings (SSSR count). The van der Waals surface area contributed by atoms with E-state index in [1.54, 1.807) is 0 Å². The molecular formula is C14H22N2OS. The molecule has 3 nitrogen and oxygen atoms in total. The van der Waals surface area contributed by atoms with Crippen LogP contribution in [0.3, 0.4) is 0 Å². The van der Waals surface area contributed by atoms with E-state index in [9.17, 15) is 0 Å². The molecular weight excluding hydrogens is 244 g/mol. The summed E-state index contributed by atoms with van der Waals surface area (Å²) in [5, 5.41) is 2.17. The van der Waals surface area contributed by atoms with Gasteiger partial charge in [0.05, 0.1) is 6.10 Å². The minimum absolute atomic E-state index is 0.411. The normalized spacial score (nSPS) is 32.9. The molecule has 1 aromatic heterocycles. The number of fused-ring (bicyclic) bond motifs is 1. The van der Waals surface area contributed by atoms with Gasteiger partial charge >= 0.3 is 0 Å². The van der Waals surface area contributed by atoms with Gasteiger partial charge in [-0.15, -0.1) is 11.3 Å². The standard InChI is InChI=1S/C14H22N2OS/c1-15(2)13-10-16(9-11-5-4-8-18-11)12-6-3-7-17-14(12)13/h4-5,8,12-14H,3,6-7,9-10H2,1-2H3/t12-,13-,14+/m1/s1. The zero-order chi connectivity index (χ0) is 12.5. The summed E-state index contributed by atoms with van der Waals surface area (Å²) in [6.45, 7) is 3.17. The maximum absolute atomic E-state index is 6.05. The summed E-state index contributed by atoms with van der Waals surface area (Å²) in [6.07, 6.45) is 2.91. The largest absolute Gasteiger partial charge is 0.375 e. The lowest BCUT2D eigenvalue weighted by Gasteiger charge is -2.33. The van der Waals surface area contributed by atoms with Gasteiger partial charge in [0.2, 0.25) is 0 Å². The van der Waals surface area contributed by atoms with Gasteiger partial charge in [0.15, 0.2) is 0 Å². The van der Waals surface area contributed by atoms with Gasteiger partial charge in [-0.1, -0.05) is 6.07 Å². The number of thiophene rings is 1. The minimum atomic E-state index is 0.411. The maximum atomic E-state index is 6.05. The smallest absolute Gasteiger partial charge is 0.0897 e. The van der Waals surface area contributed by atoms with Crippen LogP contribution in [0.2, 0.25) is 0 Å². The molecule has 2 aliphatic rings. The number of nitrogens with zero attached hydrogens (tertiary/aromatic N) is 2. The molecule has 4 heteroatoms. The first-order valence-electron chi connectivity index (χ1n) is 6.80. The van der Waals surface area contributed by atoms with Crippen molar-refractivity contribution in [1.82, 2.24) is 9.80 Å². The van der Waals surface area contributed by atoms with Gasteiger partial charge in [0.1, 0.15) is 0 Å². The topological polar surface area (TPSA) is 15.7 Å². The third kappa shape index (κ3) is 2.35. The molecule has 2 fully saturated rings. The minimum Gasteiger partial charge on any atom is -0.375 e. The van der Waals surface area contributed by atoms with E-state index in [1.165, 1.54) is 17.7 Å². The molecule has 2 saturated heterocycles. The van der Waals surface area contributed by atoms with Gasteiger partial charge in [-0.3, -0.25) is 4.90 Å². The molecule has 3 heterocycles. The molecule has 18 heavy (non-hydrogen) atoms. The predicted molar refractivity (Wildman–Crippen MR) is 75.0 cm³/mol. The van der Waals surface area contributed by atoms with Crippen molar-refractivity contribution < 1.29 is 4.74 Å². The van der Waals surface area contributed by atoms with Crippen molar-refractivity contribution in [3.8, 4) is 0 Å². The molecule has 0 spiro atoms. The Bertz CT molecular complexity index is 379. The predicted octanol–water partition coefficient (Wildman–Crippen LogP) is 2.04. The van der Waals surface area contributed by atoms with Crippen molar-refractivity contribution in [3.05, 3.63) is 22.4 Å². The van der Waals surface area contributed by atoms with Gasteiger partial charge < -0.3 is 9.64 Å². The molecule has 0 unspecified atom stereocenters. The fourth-order valence-electron chi connectivity index (χ4n) is 3.27. The third-order valence-electron chi connectivity index (χ3n) is 4.21. The van der Waals surface area contributed by atoms with Crippen LogP contribution in [0.15, 0.2) is 17.5 Å². The number of rotatable bonds is 3. The van der Waals surface area contributed by atoms with Crippen LogP contribution in [-0.4, -0.2) is 55.2 Å². The van der Waals surface area contributed by atoms with Crippen LogP contribution in [0.25, 0.3) is 0 Å². The molecule has 100 valence electrons. The second-order valence-corrected chi connectivity index (χ2v) is 6.62. The van der Waals surface area contributed by atoms with Crippen molar-refractivity contribution in [2.45, 2.75) is 37.6 Å². The first kappa shape index (κ1) is 12.6. The van der Waals surface area contributed by atoms with Crippen LogP contribution < -0.4 is 0 Å². The lowest BCUT2D eigenvalue weighted by Crippen LogP contribution is -2.45. The van der Waals surface area contributed by atoms with Crippen molar-refractivity contribution in [1.29, 1.82) is 0 Å². The maximum Gasteiger partial charge on any atom is 0.0897 e. The highest BCUT2D eigenvalue weighted by molar-refractivity contribution is 7.09. The van der Waals surface area contributed by atoms with E-state index < -0.39 is 0 Å². The van der Waals surface area contributed by atoms with Crippen molar-refractivity contribution in [2.24, 2.45) is 0 Å². The van der Waals surface area contributed by atoms with Gasteiger partial charge in [-0.2, -0.15) is 0 Å². The highest BCUT2D eigenvalue weighted by atomic mass is 32.1. The van der Waals surface area contributed by atoms with Crippen LogP contribution in [0.5, 0.6) is 0 Å². The van der Waals surface area contributed by atoms with Crippen LogP contribution in [-0.2, 0) is 11.3 Å². The lowest BCUT2D eigenvalue weighted by molar-refractivity contribution is -0.0342. The fraction of sp³-hybridized carbons (Fsp3) is 0.714. The molecule has 0 aliphatic carbocycles. The van der Waals surface area contributed by atoms with Gasteiger partial charge in [-0.05, 0) is 38.4 Å². The summed E-state index contributed by atoms with van der Waals surface area (Å²) in [5.74, 6) is 0. The van der Waals surface area contributed by atoms with Crippen molar-refractivity contribution >= 4 is 11.3 Å². The second-order valence-electron chi connectivity index (χ2n) is 5.58. The summed E-state index contributed by atoms with van der Waals surface area (Å²) in [5.41, 5.74) is 0. The molecule has 3 atom stereocenters. The number of ether oxygens (including phenoxy) is 1. The Morgan fingerprint density at radius 2 is 2.39 bits per heavy atom. The first-order chi connectivity index (χ1) is 8.75. The van der Waals surface area contributed by atoms with E-state index in [0.29, 0.717) is 18.2 Å². The molecule has 0 aromatic carbocycles. The second kappa shape index (κ2) is 5.29. The summed E-state index contributed by atoms with van der Waals surface area (Å²) in [7, 11) is 4.35. The number of likely N-dealkylation sites (N-methyl/N-ethyl adjacent to an activating group) is 1. The van der Waals surface area contributed by atoms with Gasteiger partial charge in [-0.25, -0.2) is 0 Å². The molecule has 0 saturated carbocycles. The highest BCUT2D eigenvalue weighted by Crippen LogP contribution is 2.32. The Hall–Kier alpha value is -0.420. The monoisotopic (exact) mass is 266 g/mol. The van der Waals surface area contributed by atoms with Gasteiger partial charge in [0, 0.05) is 36.7 Å². The van der Waals surface area contributed by atoms with E-state index in [0.717, 1.165) is 19.7 Å². The number of hydrogen-bond acceptors (Lipinski definition) is 4. The van der Waals surface area contributed by atoms with Crippen LogP contribution in [0.1, 0.15) is 17.7 Å². The quantitative estimate of drug-likeness (QED) is 0.833. The molecule has 1 aromatic rings. The Labute approximate surface area is 113 Å². The molecule has 0 radical (unpaired) electrons. The van der Waals surface area contributed by atoms with E-state index in [-0.39, 0.29) is 0 Å². The SMILES string of the molecule is CN(C)[C@@H]1CN(Cc2cccs2)[C@@H]2CCCO[C@H]12. The van der Waals surface area contributed by atoms with Crippen LogP contribution >= 0.6 is 11.3 Å². The van der Waals surface area contributed by atoms with Gasteiger partial charge in [0.25, 0.3) is 0 Å². The average Bonchev–Trinajstić information content (AvgIpc) is 2.98. The highest BCUT2D eigenvalue weighted by Gasteiger charge is 2.44. The van der Waals surface area contributed by atoms with E-state index >= 15 is 0 Å². The Kier molecular flexibility index (Phi) is 3.71. The summed E-state index contributed by atoms with van der Waals surface area (Å²) in [4.78, 5) is 6.43. The molecule has 0 N–H and O–H groups in total. The number of likely N-dealkylation sites (tertiary alicyclic amines) is 1. The fourth-order valence-corrected chi connectivity index (χ4v) is 4.00. The number of hydrogen-bond donors (Lipinski definition) is 0. The summed E-state index contributed by atoms with van der Waals surface area (Å²) < 4.78 is 6.05.